The Kier molecular flexibility index (Phi) is 5.12. The van der Waals surface area contributed by atoms with E-state index in [0.717, 1.165) is 5.56 Å². The Morgan fingerprint density at radius 1 is 1.12 bits per heavy atom. The standard InChI is InChI=1S/C25H27N3O4/c1-23(2,3)25(13-12-24(28(25)22(30)31)14-15-27-21(24)29)18-8-10-19(11-9-18)32-20-7-5-4-6-17(20)16-26/h4-11H,12-15H2,1-3H3,(H,27,29)(H,30,31)/t24-,25+/m1/s1. The van der Waals surface area contributed by atoms with E-state index in [2.05, 4.69) is 11.4 Å². The van der Waals surface area contributed by atoms with Crippen LogP contribution in [0, 0.1) is 16.7 Å². The van der Waals surface area contributed by atoms with E-state index in [1.54, 1.807) is 36.4 Å². The maximum atomic E-state index is 12.8. The molecule has 2 amide bonds. The first kappa shape index (κ1) is 21.7. The van der Waals surface area contributed by atoms with Crippen LogP contribution in [0.15, 0.2) is 48.5 Å². The number of nitrogens with zero attached hydrogens (tertiary/aromatic N) is 2. The number of rotatable bonds is 3. The molecule has 32 heavy (non-hydrogen) atoms. The minimum Gasteiger partial charge on any atom is -0.465 e. The highest BCUT2D eigenvalue weighted by Crippen LogP contribution is 2.58. The molecule has 1 spiro atoms. The number of amides is 2. The number of likely N-dealkylation sites (tertiary alicyclic amines) is 1. The van der Waals surface area contributed by atoms with Gasteiger partial charge in [0.1, 0.15) is 23.1 Å². The van der Waals surface area contributed by atoms with Gasteiger partial charge in [0, 0.05) is 6.54 Å². The summed E-state index contributed by atoms with van der Waals surface area (Å²) in [7, 11) is 0. The molecule has 2 aliphatic heterocycles. The van der Waals surface area contributed by atoms with Gasteiger partial charge in [0.2, 0.25) is 5.91 Å². The Labute approximate surface area is 187 Å². The van der Waals surface area contributed by atoms with E-state index < -0.39 is 22.6 Å². The average Bonchev–Trinajstić information content (AvgIpc) is 3.30. The first-order chi connectivity index (χ1) is 15.2. The van der Waals surface area contributed by atoms with E-state index in [4.69, 9.17) is 4.74 Å². The molecule has 0 unspecified atom stereocenters. The lowest BCUT2D eigenvalue weighted by Gasteiger charge is -2.50. The van der Waals surface area contributed by atoms with Crippen molar-refractivity contribution in [1.29, 1.82) is 5.26 Å². The van der Waals surface area contributed by atoms with Gasteiger partial charge in [0.25, 0.3) is 0 Å². The number of para-hydroxylation sites is 1. The third-order valence-electron chi connectivity index (χ3n) is 6.96. The molecule has 2 aromatic carbocycles. The first-order valence-electron chi connectivity index (χ1n) is 10.7. The molecule has 166 valence electrons. The van der Waals surface area contributed by atoms with Crippen LogP contribution < -0.4 is 10.1 Å². The number of carbonyl (C=O) groups excluding carboxylic acids is 1. The molecule has 2 heterocycles. The van der Waals surface area contributed by atoms with Crippen LogP contribution >= 0.6 is 0 Å². The third kappa shape index (κ3) is 3.10. The highest BCUT2D eigenvalue weighted by Gasteiger charge is 2.66. The molecule has 2 atom stereocenters. The second kappa shape index (κ2) is 7.56. The van der Waals surface area contributed by atoms with Crippen molar-refractivity contribution in [3.63, 3.8) is 0 Å². The van der Waals surface area contributed by atoms with Gasteiger partial charge in [-0.2, -0.15) is 5.26 Å². The van der Waals surface area contributed by atoms with E-state index in [0.29, 0.717) is 42.9 Å². The molecule has 2 fully saturated rings. The number of ether oxygens (including phenoxy) is 1. The van der Waals surface area contributed by atoms with E-state index in [9.17, 15) is 20.0 Å². The molecule has 2 aliphatic rings. The summed E-state index contributed by atoms with van der Waals surface area (Å²) in [6, 6.07) is 16.4. The van der Waals surface area contributed by atoms with Gasteiger partial charge in [-0.15, -0.1) is 0 Å². The Bertz CT molecular complexity index is 1100. The molecule has 0 bridgehead atoms. The molecule has 0 aromatic heterocycles. The van der Waals surface area contributed by atoms with Crippen LogP contribution in [0.5, 0.6) is 11.5 Å². The van der Waals surface area contributed by atoms with Gasteiger partial charge in [-0.05, 0) is 54.5 Å². The largest absolute Gasteiger partial charge is 0.465 e. The van der Waals surface area contributed by atoms with Gasteiger partial charge < -0.3 is 15.2 Å². The summed E-state index contributed by atoms with van der Waals surface area (Å²) in [6.07, 6.45) is 0.421. The van der Waals surface area contributed by atoms with Gasteiger partial charge in [-0.3, -0.25) is 9.69 Å². The zero-order chi connectivity index (χ0) is 23.1. The molecule has 2 saturated heterocycles. The van der Waals surface area contributed by atoms with Crippen LogP contribution in [0.1, 0.15) is 51.2 Å². The quantitative estimate of drug-likeness (QED) is 0.735. The number of nitrogens with one attached hydrogen (secondary N) is 1. The zero-order valence-corrected chi connectivity index (χ0v) is 18.5. The van der Waals surface area contributed by atoms with Crippen molar-refractivity contribution in [3.8, 4) is 17.6 Å². The van der Waals surface area contributed by atoms with Gasteiger partial charge in [0.05, 0.1) is 11.1 Å². The summed E-state index contributed by atoms with van der Waals surface area (Å²) in [6.45, 7) is 6.53. The molecule has 4 rings (SSSR count). The van der Waals surface area contributed by atoms with E-state index >= 15 is 0 Å². The Morgan fingerprint density at radius 2 is 1.81 bits per heavy atom. The average molecular weight is 434 g/mol. The van der Waals surface area contributed by atoms with Gasteiger partial charge >= 0.3 is 6.09 Å². The minimum absolute atomic E-state index is 0.209. The normalized spacial score (nSPS) is 24.9. The summed E-state index contributed by atoms with van der Waals surface area (Å²) < 4.78 is 5.90. The zero-order valence-electron chi connectivity index (χ0n) is 18.5. The van der Waals surface area contributed by atoms with Crippen molar-refractivity contribution in [3.05, 3.63) is 59.7 Å². The van der Waals surface area contributed by atoms with Crippen molar-refractivity contribution >= 4 is 12.0 Å². The lowest BCUT2D eigenvalue weighted by Crippen LogP contribution is -2.62. The number of hydrogen-bond acceptors (Lipinski definition) is 4. The first-order valence-corrected chi connectivity index (χ1v) is 10.7. The van der Waals surface area contributed by atoms with Crippen LogP contribution in [0.25, 0.3) is 0 Å². The Balaban J connectivity index is 1.76. The maximum absolute atomic E-state index is 12.8. The fraction of sp³-hybridized carbons (Fsp3) is 0.400. The SMILES string of the molecule is CC(C)(C)[C@@]1(c2ccc(Oc3ccccc3C#N)cc2)CC[C@]2(CCNC2=O)N1C(=O)O. The van der Waals surface area contributed by atoms with Crippen LogP contribution in [0.3, 0.4) is 0 Å². The van der Waals surface area contributed by atoms with Gasteiger partial charge in [-0.1, -0.05) is 45.0 Å². The molecule has 7 heteroatoms. The van der Waals surface area contributed by atoms with E-state index in [-0.39, 0.29) is 5.91 Å². The van der Waals surface area contributed by atoms with Crippen LogP contribution in [-0.2, 0) is 10.3 Å². The van der Waals surface area contributed by atoms with E-state index in [1.807, 2.05) is 32.9 Å². The summed E-state index contributed by atoms with van der Waals surface area (Å²) in [5.74, 6) is 0.802. The predicted molar refractivity (Wildman–Crippen MR) is 118 cm³/mol. The number of hydrogen-bond donors (Lipinski definition) is 2. The van der Waals surface area contributed by atoms with Crippen LogP contribution in [-0.4, -0.2) is 34.1 Å². The Hall–Kier alpha value is -3.53. The second-order valence-corrected chi connectivity index (χ2v) is 9.50. The fourth-order valence-corrected chi connectivity index (χ4v) is 5.43. The minimum atomic E-state index is -1.09. The smallest absolute Gasteiger partial charge is 0.408 e. The number of nitriles is 1. The molecular formula is C25H27N3O4. The second-order valence-electron chi connectivity index (χ2n) is 9.50. The Morgan fingerprint density at radius 3 is 2.38 bits per heavy atom. The topological polar surface area (TPSA) is 103 Å². The summed E-state index contributed by atoms with van der Waals surface area (Å²) in [5, 5.41) is 22.4. The van der Waals surface area contributed by atoms with Gasteiger partial charge in [0.15, 0.2) is 0 Å². The molecule has 0 saturated carbocycles. The van der Waals surface area contributed by atoms with Crippen molar-refractivity contribution < 1.29 is 19.4 Å². The number of carboxylic acid groups (broad SMARTS) is 1. The molecule has 7 nitrogen and oxygen atoms in total. The number of benzene rings is 2. The van der Waals surface area contributed by atoms with Crippen molar-refractivity contribution in [2.24, 2.45) is 5.41 Å². The van der Waals surface area contributed by atoms with E-state index in [1.165, 1.54) is 4.90 Å². The molecule has 0 radical (unpaired) electrons. The van der Waals surface area contributed by atoms with Gasteiger partial charge in [-0.25, -0.2) is 4.79 Å². The summed E-state index contributed by atoms with van der Waals surface area (Å²) in [4.78, 5) is 26.8. The molecule has 2 N–H and O–H groups in total. The summed E-state index contributed by atoms with van der Waals surface area (Å²) in [5.41, 5.74) is -1.12. The highest BCUT2D eigenvalue weighted by molar-refractivity contribution is 5.92. The lowest BCUT2D eigenvalue weighted by atomic mass is 9.67. The maximum Gasteiger partial charge on any atom is 0.408 e. The van der Waals surface area contributed by atoms with Crippen molar-refractivity contribution in [2.45, 2.75) is 51.1 Å². The number of carbonyl (C=O) groups is 2. The van der Waals surface area contributed by atoms with Crippen LogP contribution in [0.4, 0.5) is 4.79 Å². The summed E-state index contributed by atoms with van der Waals surface area (Å²) >= 11 is 0. The fourth-order valence-electron chi connectivity index (χ4n) is 5.43. The highest BCUT2D eigenvalue weighted by atomic mass is 16.5. The molecule has 2 aromatic rings. The van der Waals surface area contributed by atoms with Crippen molar-refractivity contribution in [2.75, 3.05) is 6.54 Å². The van der Waals surface area contributed by atoms with Crippen LogP contribution in [0.2, 0.25) is 0 Å². The molecule has 0 aliphatic carbocycles. The third-order valence-corrected chi connectivity index (χ3v) is 6.96. The lowest BCUT2D eigenvalue weighted by molar-refractivity contribution is -0.131. The monoisotopic (exact) mass is 433 g/mol. The molecular weight excluding hydrogens is 406 g/mol. The predicted octanol–water partition coefficient (Wildman–Crippen LogP) is 4.62. The van der Waals surface area contributed by atoms with Crippen molar-refractivity contribution in [1.82, 2.24) is 10.2 Å².